The number of nitrogens with zero attached hydrogens (tertiary/aromatic N) is 1. The van der Waals surface area contributed by atoms with Crippen molar-refractivity contribution in [1.29, 1.82) is 5.26 Å². The van der Waals surface area contributed by atoms with E-state index in [4.69, 9.17) is 10.4 Å². The largest absolute Gasteiger partial charge is 0.480 e. The second kappa shape index (κ2) is 5.77. The highest BCUT2D eigenvalue weighted by Crippen LogP contribution is 2.12. The lowest BCUT2D eigenvalue weighted by Crippen LogP contribution is -2.41. The lowest BCUT2D eigenvalue weighted by molar-refractivity contribution is -0.141. The van der Waals surface area contributed by atoms with Crippen LogP contribution in [-0.2, 0) is 16.0 Å². The Hall–Kier alpha value is -2.42. The molecule has 2 N–H and O–H groups in total. The summed E-state index contributed by atoms with van der Waals surface area (Å²) in [6.45, 7) is 1.19. The van der Waals surface area contributed by atoms with E-state index in [2.05, 4.69) is 5.32 Å². The van der Waals surface area contributed by atoms with Gasteiger partial charge in [0.1, 0.15) is 11.9 Å². The van der Waals surface area contributed by atoms with E-state index >= 15 is 0 Å². The normalized spacial score (nSPS) is 11.4. The molecule has 0 saturated heterocycles. The van der Waals surface area contributed by atoms with Crippen molar-refractivity contribution in [2.45, 2.75) is 19.4 Å². The van der Waals surface area contributed by atoms with Crippen LogP contribution in [0.2, 0.25) is 0 Å². The van der Waals surface area contributed by atoms with Crippen LogP contribution in [0.3, 0.4) is 0 Å². The van der Waals surface area contributed by atoms with E-state index < -0.39 is 23.7 Å². The Morgan fingerprint density at radius 1 is 1.56 bits per heavy atom. The molecule has 1 amide bonds. The number of carbonyl (C=O) groups is 2. The molecule has 1 aromatic carbocycles. The fourth-order valence-electron chi connectivity index (χ4n) is 1.45. The zero-order valence-corrected chi connectivity index (χ0v) is 9.61. The highest BCUT2D eigenvalue weighted by molar-refractivity contribution is 5.82. The number of rotatable bonds is 4. The molecule has 5 nitrogen and oxygen atoms in total. The van der Waals surface area contributed by atoms with Gasteiger partial charge in [-0.05, 0) is 17.7 Å². The summed E-state index contributed by atoms with van der Waals surface area (Å²) in [6.07, 6.45) is -0.174. The zero-order valence-electron chi connectivity index (χ0n) is 9.61. The molecule has 0 bridgehead atoms. The van der Waals surface area contributed by atoms with Gasteiger partial charge in [0.05, 0.1) is 11.6 Å². The molecule has 0 aliphatic carbocycles. The van der Waals surface area contributed by atoms with Crippen molar-refractivity contribution in [3.8, 4) is 6.07 Å². The van der Waals surface area contributed by atoms with Gasteiger partial charge in [-0.2, -0.15) is 5.26 Å². The Bertz CT molecular complexity index is 523. The molecule has 0 saturated carbocycles. The molecule has 0 aliphatic heterocycles. The Labute approximate surface area is 103 Å². The quantitative estimate of drug-likeness (QED) is 0.828. The summed E-state index contributed by atoms with van der Waals surface area (Å²) in [4.78, 5) is 21.7. The van der Waals surface area contributed by atoms with E-state index in [1.165, 1.54) is 19.1 Å². The van der Waals surface area contributed by atoms with Gasteiger partial charge in [0.25, 0.3) is 0 Å². The van der Waals surface area contributed by atoms with Gasteiger partial charge in [0.2, 0.25) is 5.91 Å². The maximum absolute atomic E-state index is 13.5. The summed E-state index contributed by atoms with van der Waals surface area (Å²) < 4.78 is 13.5. The molecule has 0 heterocycles. The molecule has 1 aromatic rings. The molecule has 18 heavy (non-hydrogen) atoms. The maximum Gasteiger partial charge on any atom is 0.326 e. The van der Waals surface area contributed by atoms with Gasteiger partial charge in [-0.3, -0.25) is 4.79 Å². The van der Waals surface area contributed by atoms with E-state index in [1.54, 1.807) is 6.07 Å². The van der Waals surface area contributed by atoms with Crippen LogP contribution in [-0.4, -0.2) is 23.0 Å². The fourth-order valence-corrected chi connectivity index (χ4v) is 1.45. The van der Waals surface area contributed by atoms with Crippen LogP contribution >= 0.6 is 0 Å². The second-order valence-electron chi connectivity index (χ2n) is 3.71. The van der Waals surface area contributed by atoms with E-state index in [0.717, 1.165) is 6.07 Å². The number of aliphatic carboxylic acids is 1. The number of carbonyl (C=O) groups excluding carboxylic acids is 1. The van der Waals surface area contributed by atoms with Crippen molar-refractivity contribution >= 4 is 11.9 Å². The summed E-state index contributed by atoms with van der Waals surface area (Å²) >= 11 is 0. The van der Waals surface area contributed by atoms with Gasteiger partial charge in [0.15, 0.2) is 0 Å². The minimum absolute atomic E-state index is 0.134. The predicted octanol–water partition coefficient (Wildman–Crippen LogP) is 0.829. The molecular formula is C12H11FN2O3. The highest BCUT2D eigenvalue weighted by atomic mass is 19.1. The lowest BCUT2D eigenvalue weighted by atomic mass is 10.0. The molecule has 94 valence electrons. The SMILES string of the molecule is CC(=O)NC(Cc1ccc(C#N)cc1F)C(=O)O. The molecule has 0 spiro atoms. The number of nitrogens with one attached hydrogen (secondary N) is 1. The van der Waals surface area contributed by atoms with Crippen molar-refractivity contribution in [3.05, 3.63) is 35.1 Å². The van der Waals surface area contributed by atoms with Gasteiger partial charge in [0, 0.05) is 13.3 Å². The fraction of sp³-hybridized carbons (Fsp3) is 0.250. The van der Waals surface area contributed by atoms with Crippen molar-refractivity contribution in [2.24, 2.45) is 0 Å². The Kier molecular flexibility index (Phi) is 4.38. The predicted molar refractivity (Wildman–Crippen MR) is 60.1 cm³/mol. The number of halogens is 1. The van der Waals surface area contributed by atoms with Crippen molar-refractivity contribution in [3.63, 3.8) is 0 Å². The first-order valence-electron chi connectivity index (χ1n) is 5.12. The Balaban J connectivity index is 2.91. The summed E-state index contributed by atoms with van der Waals surface area (Å²) in [5.74, 6) is -2.41. The summed E-state index contributed by atoms with van der Waals surface area (Å²) in [6, 6.07) is 4.35. The van der Waals surface area contributed by atoms with E-state index in [9.17, 15) is 14.0 Å². The zero-order chi connectivity index (χ0) is 13.7. The molecular weight excluding hydrogens is 239 g/mol. The van der Waals surface area contributed by atoms with Crippen LogP contribution < -0.4 is 5.32 Å². The van der Waals surface area contributed by atoms with Crippen molar-refractivity contribution < 1.29 is 19.1 Å². The van der Waals surface area contributed by atoms with Gasteiger partial charge < -0.3 is 10.4 Å². The summed E-state index contributed by atoms with van der Waals surface area (Å²) in [5.41, 5.74) is 0.290. The van der Waals surface area contributed by atoms with Gasteiger partial charge in [-0.25, -0.2) is 9.18 Å². The number of amides is 1. The number of carboxylic acid groups (broad SMARTS) is 1. The average molecular weight is 250 g/mol. The topological polar surface area (TPSA) is 90.2 Å². The first-order valence-corrected chi connectivity index (χ1v) is 5.12. The van der Waals surface area contributed by atoms with Crippen LogP contribution in [0.1, 0.15) is 18.1 Å². The molecule has 1 unspecified atom stereocenters. The van der Waals surface area contributed by atoms with E-state index in [-0.39, 0.29) is 17.5 Å². The third kappa shape index (κ3) is 3.56. The molecule has 6 heteroatoms. The standard InChI is InChI=1S/C12H11FN2O3/c1-7(16)15-11(12(17)18)5-9-3-2-8(6-14)4-10(9)13/h2-4,11H,5H2,1H3,(H,15,16)(H,17,18). The van der Waals surface area contributed by atoms with Crippen LogP contribution in [0.5, 0.6) is 0 Å². The van der Waals surface area contributed by atoms with Crippen LogP contribution in [0.25, 0.3) is 0 Å². The first-order chi connectivity index (χ1) is 8.43. The molecule has 0 aromatic heterocycles. The van der Waals surface area contributed by atoms with Gasteiger partial charge >= 0.3 is 5.97 Å². The van der Waals surface area contributed by atoms with Crippen LogP contribution in [0, 0.1) is 17.1 Å². The van der Waals surface area contributed by atoms with Crippen LogP contribution in [0.4, 0.5) is 4.39 Å². The molecule has 1 atom stereocenters. The van der Waals surface area contributed by atoms with Crippen molar-refractivity contribution in [1.82, 2.24) is 5.32 Å². The molecule has 0 aliphatic rings. The number of carboxylic acids is 1. The number of benzene rings is 1. The maximum atomic E-state index is 13.5. The smallest absolute Gasteiger partial charge is 0.326 e. The van der Waals surface area contributed by atoms with Crippen molar-refractivity contribution in [2.75, 3.05) is 0 Å². The average Bonchev–Trinajstić information content (AvgIpc) is 2.29. The molecule has 0 fully saturated rings. The minimum Gasteiger partial charge on any atom is -0.480 e. The lowest BCUT2D eigenvalue weighted by Gasteiger charge is -2.13. The third-order valence-corrected chi connectivity index (χ3v) is 2.28. The Morgan fingerprint density at radius 2 is 2.22 bits per heavy atom. The van der Waals surface area contributed by atoms with E-state index in [0.29, 0.717) is 0 Å². The minimum atomic E-state index is -1.24. The van der Waals surface area contributed by atoms with Crippen LogP contribution in [0.15, 0.2) is 18.2 Å². The third-order valence-electron chi connectivity index (χ3n) is 2.28. The van der Waals surface area contributed by atoms with Gasteiger partial charge in [-0.15, -0.1) is 0 Å². The monoisotopic (exact) mass is 250 g/mol. The molecule has 1 rings (SSSR count). The summed E-state index contributed by atoms with van der Waals surface area (Å²) in [5, 5.41) is 19.7. The van der Waals surface area contributed by atoms with E-state index in [1.807, 2.05) is 0 Å². The molecule has 0 radical (unpaired) electrons. The number of hydrogen-bond donors (Lipinski definition) is 2. The summed E-state index contributed by atoms with van der Waals surface area (Å²) in [7, 11) is 0. The second-order valence-corrected chi connectivity index (χ2v) is 3.71. The number of nitriles is 1. The highest BCUT2D eigenvalue weighted by Gasteiger charge is 2.20. The van der Waals surface area contributed by atoms with Gasteiger partial charge in [-0.1, -0.05) is 6.07 Å². The number of hydrogen-bond acceptors (Lipinski definition) is 3. The first kappa shape index (κ1) is 13.6. The Morgan fingerprint density at radius 3 is 2.67 bits per heavy atom.